The van der Waals surface area contributed by atoms with Crippen molar-refractivity contribution < 1.29 is 32.5 Å². The second-order valence-electron chi connectivity index (χ2n) is 11.1. The molecule has 4 aromatic rings. The Morgan fingerprint density at radius 3 is 2.58 bits per heavy atom. The van der Waals surface area contributed by atoms with E-state index in [1.54, 1.807) is 54.2 Å². The molecule has 5 rings (SSSR count). The van der Waals surface area contributed by atoms with Gasteiger partial charge in [0.15, 0.2) is 11.5 Å². The zero-order valence-corrected chi connectivity index (χ0v) is 24.6. The minimum Gasteiger partial charge on any atom is -0.486 e. The largest absolute Gasteiger partial charge is 0.486 e. The van der Waals surface area contributed by atoms with Gasteiger partial charge < -0.3 is 24.3 Å². The lowest BCUT2D eigenvalue weighted by Gasteiger charge is -2.30. The number of rotatable bonds is 11. The molecule has 226 valence electrons. The van der Waals surface area contributed by atoms with Crippen molar-refractivity contribution in [1.82, 2.24) is 15.1 Å². The smallest absolute Gasteiger partial charge is 0.338 e. The Hall–Kier alpha value is -4.60. The van der Waals surface area contributed by atoms with E-state index in [0.29, 0.717) is 53.9 Å². The number of alkyl halides is 2. The van der Waals surface area contributed by atoms with E-state index < -0.39 is 23.8 Å². The molecule has 0 saturated carbocycles. The highest BCUT2D eigenvalue weighted by Gasteiger charge is 2.31. The van der Waals surface area contributed by atoms with Crippen LogP contribution in [0, 0.1) is 5.92 Å². The summed E-state index contributed by atoms with van der Waals surface area (Å²) in [6.07, 6.45) is 1.02. The Morgan fingerprint density at radius 2 is 1.84 bits per heavy atom. The van der Waals surface area contributed by atoms with Gasteiger partial charge in [0.1, 0.15) is 25.1 Å². The lowest BCUT2D eigenvalue weighted by atomic mass is 10.0. The topological polar surface area (TPSA) is 83.8 Å². The molecule has 1 N–H and O–H groups in total. The minimum absolute atomic E-state index is 0.234. The van der Waals surface area contributed by atoms with Crippen LogP contribution in [0.15, 0.2) is 79.1 Å². The molecular formula is C33H35F2N3O5. The zero-order chi connectivity index (χ0) is 30.7. The molecule has 10 heteroatoms. The molecule has 2 atom stereocenters. The third kappa shape index (κ3) is 6.90. The number of fused-ring (bicyclic) bond motifs is 2. The second kappa shape index (κ2) is 12.3. The van der Waals surface area contributed by atoms with Gasteiger partial charge in [-0.1, -0.05) is 32.6 Å². The highest BCUT2D eigenvalue weighted by Crippen LogP contribution is 2.36. The number of halogens is 2. The minimum atomic E-state index is -3.11. The highest BCUT2D eigenvalue weighted by atomic mass is 19.3. The van der Waals surface area contributed by atoms with Gasteiger partial charge in [0.2, 0.25) is 0 Å². The van der Waals surface area contributed by atoms with Crippen molar-refractivity contribution in [3.8, 4) is 22.9 Å². The molecule has 8 nitrogen and oxygen atoms in total. The molecule has 1 aliphatic rings. The van der Waals surface area contributed by atoms with Crippen LogP contribution < -0.4 is 19.5 Å². The third-order valence-corrected chi connectivity index (χ3v) is 6.96. The Balaban J connectivity index is 1.42. The molecular weight excluding hydrogens is 556 g/mol. The number of nitrogens with one attached hydrogen (secondary N) is 1. The van der Waals surface area contributed by atoms with Crippen LogP contribution in [0.3, 0.4) is 0 Å². The quantitative estimate of drug-likeness (QED) is 0.191. The lowest BCUT2D eigenvalue weighted by Crippen LogP contribution is -2.38. The molecule has 1 aromatic heterocycles. The highest BCUT2D eigenvalue weighted by molar-refractivity contribution is 5.90. The van der Waals surface area contributed by atoms with E-state index >= 15 is 0 Å². The van der Waals surface area contributed by atoms with E-state index in [-0.39, 0.29) is 11.9 Å². The van der Waals surface area contributed by atoms with Gasteiger partial charge in [-0.3, -0.25) is 0 Å². The predicted octanol–water partition coefficient (Wildman–Crippen LogP) is 6.88. The average Bonchev–Trinajstić information content (AvgIpc) is 3.41. The summed E-state index contributed by atoms with van der Waals surface area (Å²) in [6.45, 7) is 11.2. The summed E-state index contributed by atoms with van der Waals surface area (Å²) < 4.78 is 52.9. The van der Waals surface area contributed by atoms with Gasteiger partial charge in [0.25, 0.3) is 5.92 Å². The fourth-order valence-electron chi connectivity index (χ4n) is 4.70. The van der Waals surface area contributed by atoms with Crippen molar-refractivity contribution in [3.63, 3.8) is 0 Å². The van der Waals surface area contributed by atoms with E-state index in [9.17, 15) is 13.6 Å². The standard InChI is InChI=1S/C33H35F2N3O5/c1-20(2)19-42-32(39)24-7-6-8-26(15-24)38-28-11-10-27(16-25(28)18-36-38)43-31(21(3)37-22(4)33(5,34)35)23-9-12-29-30(17-23)41-14-13-40-29/h6-12,15-18,20-21,31,37H,4,13-14,19H2,1-3,5H3/t21-,31-/m0/s1. The number of nitrogens with zero attached hydrogens (tertiary/aromatic N) is 2. The van der Waals surface area contributed by atoms with Crippen LogP contribution in [0.5, 0.6) is 17.2 Å². The van der Waals surface area contributed by atoms with Crippen LogP contribution >= 0.6 is 0 Å². The number of ether oxygens (including phenoxy) is 4. The Kier molecular flexibility index (Phi) is 8.57. The lowest BCUT2D eigenvalue weighted by molar-refractivity contribution is 0.0457. The Bertz CT molecular complexity index is 1630. The molecule has 0 aliphatic carbocycles. The summed E-state index contributed by atoms with van der Waals surface area (Å²) in [5, 5.41) is 8.14. The Labute approximate surface area is 249 Å². The number of benzene rings is 3. The first-order chi connectivity index (χ1) is 20.5. The molecule has 43 heavy (non-hydrogen) atoms. The first kappa shape index (κ1) is 29.9. The van der Waals surface area contributed by atoms with Crippen LogP contribution in [0.25, 0.3) is 16.6 Å². The SMILES string of the molecule is C=C(N[C@@H](C)[C@H](Oc1ccc2c(cnn2-c2cccc(C(=O)OCC(C)C)c2)c1)c1ccc2c(c1)OCCO2)C(C)(F)F. The van der Waals surface area contributed by atoms with Crippen molar-refractivity contribution in [2.75, 3.05) is 19.8 Å². The van der Waals surface area contributed by atoms with Gasteiger partial charge in [0.05, 0.1) is 41.3 Å². The summed E-state index contributed by atoms with van der Waals surface area (Å²) in [6, 6.07) is 17.4. The Morgan fingerprint density at radius 1 is 1.07 bits per heavy atom. The fourth-order valence-corrected chi connectivity index (χ4v) is 4.70. The van der Waals surface area contributed by atoms with E-state index in [1.165, 1.54) is 0 Å². The van der Waals surface area contributed by atoms with Crippen molar-refractivity contribution in [2.24, 2.45) is 5.92 Å². The first-order valence-electron chi connectivity index (χ1n) is 14.1. The summed E-state index contributed by atoms with van der Waals surface area (Å²) in [5.41, 5.74) is 2.24. The number of hydrogen-bond acceptors (Lipinski definition) is 7. The molecule has 0 amide bonds. The zero-order valence-electron chi connectivity index (χ0n) is 24.6. The van der Waals surface area contributed by atoms with Gasteiger partial charge in [-0.2, -0.15) is 5.10 Å². The van der Waals surface area contributed by atoms with Gasteiger partial charge in [-0.05, 0) is 66.9 Å². The van der Waals surface area contributed by atoms with Crippen LogP contribution in [-0.2, 0) is 4.74 Å². The maximum Gasteiger partial charge on any atom is 0.338 e. The number of hydrogen-bond donors (Lipinski definition) is 1. The van der Waals surface area contributed by atoms with Gasteiger partial charge in [0, 0.05) is 12.3 Å². The molecule has 3 aromatic carbocycles. The van der Waals surface area contributed by atoms with Crippen LogP contribution in [0.2, 0.25) is 0 Å². The van der Waals surface area contributed by atoms with Gasteiger partial charge >= 0.3 is 5.97 Å². The number of aromatic nitrogens is 2. The van der Waals surface area contributed by atoms with E-state index in [4.69, 9.17) is 18.9 Å². The summed E-state index contributed by atoms with van der Waals surface area (Å²) >= 11 is 0. The summed E-state index contributed by atoms with van der Waals surface area (Å²) in [7, 11) is 0. The van der Waals surface area contributed by atoms with Crippen molar-refractivity contribution in [2.45, 2.75) is 45.8 Å². The van der Waals surface area contributed by atoms with Crippen molar-refractivity contribution in [3.05, 3.63) is 90.3 Å². The number of allylic oxidation sites excluding steroid dienone is 1. The maximum atomic E-state index is 14.0. The van der Waals surface area contributed by atoms with E-state index in [1.807, 2.05) is 38.1 Å². The maximum absolute atomic E-state index is 14.0. The second-order valence-corrected chi connectivity index (χ2v) is 11.1. The molecule has 0 bridgehead atoms. The molecule has 0 radical (unpaired) electrons. The average molecular weight is 592 g/mol. The number of esters is 1. The van der Waals surface area contributed by atoms with Crippen molar-refractivity contribution in [1.29, 1.82) is 0 Å². The monoisotopic (exact) mass is 591 g/mol. The molecule has 1 aliphatic heterocycles. The van der Waals surface area contributed by atoms with Gasteiger partial charge in [-0.25, -0.2) is 18.3 Å². The molecule has 2 heterocycles. The molecule has 0 fully saturated rings. The summed E-state index contributed by atoms with van der Waals surface area (Å²) in [4.78, 5) is 12.5. The van der Waals surface area contributed by atoms with E-state index in [0.717, 1.165) is 17.8 Å². The molecule has 0 spiro atoms. The number of carbonyl (C=O) groups excluding carboxylic acids is 1. The predicted molar refractivity (Wildman–Crippen MR) is 159 cm³/mol. The first-order valence-corrected chi connectivity index (χ1v) is 14.1. The van der Waals surface area contributed by atoms with E-state index in [2.05, 4.69) is 17.0 Å². The van der Waals surface area contributed by atoms with Crippen LogP contribution in [-0.4, -0.2) is 47.5 Å². The van der Waals surface area contributed by atoms with Crippen LogP contribution in [0.4, 0.5) is 8.78 Å². The van der Waals surface area contributed by atoms with Gasteiger partial charge in [-0.15, -0.1) is 0 Å². The molecule has 0 unspecified atom stereocenters. The van der Waals surface area contributed by atoms with Crippen LogP contribution in [0.1, 0.15) is 49.7 Å². The third-order valence-electron chi connectivity index (χ3n) is 6.96. The van der Waals surface area contributed by atoms with Crippen molar-refractivity contribution >= 4 is 16.9 Å². The fraction of sp³-hybridized carbons (Fsp3) is 0.333. The normalized spacial score (nSPS) is 14.3. The number of carbonyl (C=O) groups is 1. The molecule has 0 saturated heterocycles. The summed E-state index contributed by atoms with van der Waals surface area (Å²) in [5.74, 6) is -1.57.